The third kappa shape index (κ3) is 6.93. The van der Waals surface area contributed by atoms with Gasteiger partial charge in [-0.05, 0) is 40.0 Å². The maximum Gasteiger partial charge on any atom is 0.273 e. The van der Waals surface area contributed by atoms with E-state index < -0.39 is 0 Å². The van der Waals surface area contributed by atoms with Gasteiger partial charge in [0.1, 0.15) is 0 Å². The predicted octanol–water partition coefficient (Wildman–Crippen LogP) is 2.05. The van der Waals surface area contributed by atoms with E-state index >= 15 is 0 Å². The Morgan fingerprint density at radius 3 is 2.55 bits per heavy atom. The van der Waals surface area contributed by atoms with Gasteiger partial charge in [-0.25, -0.2) is 4.98 Å². The number of likely N-dealkylation sites (N-methyl/N-ethyl adjacent to an activating group) is 1. The second kappa shape index (κ2) is 10.7. The van der Waals surface area contributed by atoms with Gasteiger partial charge in [-0.15, -0.1) is 24.8 Å². The van der Waals surface area contributed by atoms with Crippen LogP contribution in [0.1, 0.15) is 31.3 Å². The van der Waals surface area contributed by atoms with Crippen molar-refractivity contribution in [3.8, 4) is 5.75 Å². The van der Waals surface area contributed by atoms with E-state index in [9.17, 15) is 4.79 Å². The molecule has 1 atom stereocenters. The first kappa shape index (κ1) is 21.3. The van der Waals surface area contributed by atoms with Crippen LogP contribution >= 0.6 is 24.8 Å². The summed E-state index contributed by atoms with van der Waals surface area (Å²) in [6, 6.07) is 3.72. The van der Waals surface area contributed by atoms with Crippen LogP contribution in [0.15, 0.2) is 18.3 Å². The van der Waals surface area contributed by atoms with Crippen molar-refractivity contribution in [3.05, 3.63) is 24.0 Å². The fraction of sp³-hybridized carbons (Fsp3) is 0.538. The monoisotopic (exact) mass is 323 g/mol. The number of aromatic nitrogens is 1. The number of hydrogen-bond acceptors (Lipinski definition) is 4. The Morgan fingerprint density at radius 1 is 1.35 bits per heavy atom. The summed E-state index contributed by atoms with van der Waals surface area (Å²) in [7, 11) is 1.85. The molecule has 1 rings (SSSR count). The van der Waals surface area contributed by atoms with E-state index in [-0.39, 0.29) is 42.9 Å². The first-order valence-corrected chi connectivity index (χ1v) is 6.11. The third-order valence-electron chi connectivity index (χ3n) is 2.41. The molecule has 0 aliphatic carbocycles. The minimum atomic E-state index is -0.214. The summed E-state index contributed by atoms with van der Waals surface area (Å²) < 4.78 is 5.56. The largest absolute Gasteiger partial charge is 0.489 e. The van der Waals surface area contributed by atoms with Crippen LogP contribution in [0.5, 0.6) is 5.75 Å². The molecule has 0 aliphatic heterocycles. The van der Waals surface area contributed by atoms with Crippen LogP contribution in [0.2, 0.25) is 0 Å². The minimum Gasteiger partial charge on any atom is -0.489 e. The topological polar surface area (TPSA) is 63.2 Å². The number of carbonyl (C=O) groups excluding carboxylic acids is 1. The Labute approximate surface area is 132 Å². The molecule has 0 aliphatic rings. The number of amides is 1. The number of rotatable bonds is 6. The van der Waals surface area contributed by atoms with Crippen LogP contribution in [0.3, 0.4) is 0 Å². The molecule has 1 aromatic heterocycles. The van der Waals surface area contributed by atoms with Crippen molar-refractivity contribution in [1.82, 2.24) is 15.6 Å². The van der Waals surface area contributed by atoms with E-state index in [0.29, 0.717) is 18.0 Å². The first-order chi connectivity index (χ1) is 8.54. The number of hydrogen-bond donors (Lipinski definition) is 2. The highest BCUT2D eigenvalue weighted by Crippen LogP contribution is 2.16. The highest BCUT2D eigenvalue weighted by atomic mass is 35.5. The van der Waals surface area contributed by atoms with E-state index in [2.05, 4.69) is 15.6 Å². The van der Waals surface area contributed by atoms with Crippen molar-refractivity contribution in [2.24, 2.45) is 0 Å². The summed E-state index contributed by atoms with van der Waals surface area (Å²) in [5.41, 5.74) is 0.328. The maximum absolute atomic E-state index is 12.0. The van der Waals surface area contributed by atoms with Gasteiger partial charge in [0.15, 0.2) is 11.4 Å². The van der Waals surface area contributed by atoms with E-state index in [1.807, 2.05) is 27.8 Å². The molecule has 1 heterocycles. The Bertz CT molecular complexity index is 403. The number of pyridine rings is 1. The number of nitrogens with zero attached hydrogens (tertiary/aromatic N) is 1. The lowest BCUT2D eigenvalue weighted by atomic mass is 10.3. The molecule has 0 spiro atoms. The van der Waals surface area contributed by atoms with Crippen LogP contribution in [-0.4, -0.2) is 36.6 Å². The smallest absolute Gasteiger partial charge is 0.273 e. The first-order valence-electron chi connectivity index (χ1n) is 6.11. The lowest BCUT2D eigenvalue weighted by Crippen LogP contribution is -2.37. The molecular formula is C13H23Cl2N3O2. The lowest BCUT2D eigenvalue weighted by molar-refractivity contribution is 0.0939. The molecule has 1 amide bonds. The van der Waals surface area contributed by atoms with Crippen molar-refractivity contribution in [1.29, 1.82) is 0 Å². The molecule has 0 radical (unpaired) electrons. The molecule has 5 nitrogen and oxygen atoms in total. The minimum absolute atomic E-state index is 0. The Morgan fingerprint density at radius 2 is 2.00 bits per heavy atom. The summed E-state index contributed by atoms with van der Waals surface area (Å²) in [6.07, 6.45) is 1.60. The van der Waals surface area contributed by atoms with Gasteiger partial charge >= 0.3 is 0 Å². The quantitative estimate of drug-likeness (QED) is 0.841. The normalized spacial score (nSPS) is 11.1. The molecule has 2 N–H and O–H groups in total. The summed E-state index contributed by atoms with van der Waals surface area (Å²) >= 11 is 0. The third-order valence-corrected chi connectivity index (χ3v) is 2.41. The molecule has 0 bridgehead atoms. The van der Waals surface area contributed by atoms with Crippen LogP contribution in [0.4, 0.5) is 0 Å². The molecule has 0 saturated carbocycles. The molecular weight excluding hydrogens is 301 g/mol. The molecule has 116 valence electrons. The van der Waals surface area contributed by atoms with Crippen LogP contribution in [0.25, 0.3) is 0 Å². The zero-order valence-electron chi connectivity index (χ0n) is 12.2. The zero-order valence-corrected chi connectivity index (χ0v) is 13.8. The predicted molar refractivity (Wildman–Crippen MR) is 85.4 cm³/mol. The Hall–Kier alpha value is -1.04. The molecule has 20 heavy (non-hydrogen) atoms. The highest BCUT2D eigenvalue weighted by Gasteiger charge is 2.15. The van der Waals surface area contributed by atoms with Gasteiger partial charge in [0, 0.05) is 18.8 Å². The van der Waals surface area contributed by atoms with Crippen molar-refractivity contribution in [2.75, 3.05) is 13.6 Å². The maximum atomic E-state index is 12.0. The second-order valence-corrected chi connectivity index (χ2v) is 4.42. The molecule has 1 aromatic rings. The van der Waals surface area contributed by atoms with Gasteiger partial charge in [0.2, 0.25) is 0 Å². The standard InChI is InChI=1S/C13H21N3O2.2ClH/c1-9(2)18-11-6-5-7-15-12(11)13(17)16-8-10(3)14-4;;/h5-7,9-10,14H,8H2,1-4H3,(H,16,17);2*1H. The fourth-order valence-electron chi connectivity index (χ4n) is 1.34. The van der Waals surface area contributed by atoms with Gasteiger partial charge < -0.3 is 15.4 Å². The highest BCUT2D eigenvalue weighted by molar-refractivity contribution is 5.94. The summed E-state index contributed by atoms with van der Waals surface area (Å²) in [4.78, 5) is 16.1. The number of halogens is 2. The molecule has 0 saturated heterocycles. The summed E-state index contributed by atoms with van der Waals surface area (Å²) in [6.45, 7) is 6.37. The van der Waals surface area contributed by atoms with Crippen molar-refractivity contribution in [2.45, 2.75) is 32.9 Å². The van der Waals surface area contributed by atoms with Gasteiger partial charge in [0.25, 0.3) is 5.91 Å². The second-order valence-electron chi connectivity index (χ2n) is 4.42. The van der Waals surface area contributed by atoms with Crippen LogP contribution in [-0.2, 0) is 0 Å². The lowest BCUT2D eigenvalue weighted by Gasteiger charge is -2.14. The molecule has 0 aromatic carbocycles. The van der Waals surface area contributed by atoms with Gasteiger partial charge in [-0.1, -0.05) is 0 Å². The van der Waals surface area contributed by atoms with Crippen molar-refractivity contribution < 1.29 is 9.53 Å². The zero-order chi connectivity index (χ0) is 13.5. The summed E-state index contributed by atoms with van der Waals surface area (Å²) in [5.74, 6) is 0.301. The van der Waals surface area contributed by atoms with Gasteiger partial charge in [-0.2, -0.15) is 0 Å². The molecule has 0 fully saturated rings. The summed E-state index contributed by atoms with van der Waals surface area (Å²) in [5, 5.41) is 5.87. The molecule has 1 unspecified atom stereocenters. The van der Waals surface area contributed by atoms with Crippen LogP contribution in [0, 0.1) is 0 Å². The Balaban J connectivity index is 0. The van der Waals surface area contributed by atoms with E-state index in [4.69, 9.17) is 4.74 Å². The van der Waals surface area contributed by atoms with E-state index in [1.54, 1.807) is 18.3 Å². The van der Waals surface area contributed by atoms with Crippen LogP contribution < -0.4 is 15.4 Å². The van der Waals surface area contributed by atoms with Gasteiger partial charge in [-0.3, -0.25) is 4.79 Å². The average molecular weight is 324 g/mol. The number of nitrogens with one attached hydrogen (secondary N) is 2. The SMILES string of the molecule is CNC(C)CNC(=O)c1ncccc1OC(C)C.Cl.Cl. The number of carbonyl (C=O) groups is 1. The fourth-order valence-corrected chi connectivity index (χ4v) is 1.34. The number of ether oxygens (including phenoxy) is 1. The van der Waals surface area contributed by atoms with E-state index in [0.717, 1.165) is 0 Å². The van der Waals surface area contributed by atoms with Gasteiger partial charge in [0.05, 0.1) is 6.10 Å². The van der Waals surface area contributed by atoms with Crippen molar-refractivity contribution in [3.63, 3.8) is 0 Å². The van der Waals surface area contributed by atoms with Crippen molar-refractivity contribution >= 4 is 30.7 Å². The average Bonchev–Trinajstić information content (AvgIpc) is 2.35. The molecule has 7 heteroatoms. The Kier molecular flexibility index (Phi) is 11.4. The van der Waals surface area contributed by atoms with E-state index in [1.165, 1.54) is 0 Å².